The van der Waals surface area contributed by atoms with Gasteiger partial charge in [-0.25, -0.2) is 8.42 Å². The molecule has 31 heavy (non-hydrogen) atoms. The molecule has 0 radical (unpaired) electrons. The molecule has 1 N–H and O–H groups in total. The van der Waals surface area contributed by atoms with E-state index in [4.69, 9.17) is 16.3 Å². The number of fused-ring (bicyclic) bond motifs is 1. The number of halogens is 1. The fourth-order valence-corrected chi connectivity index (χ4v) is 4.35. The maximum absolute atomic E-state index is 12.7. The molecule has 1 amide bonds. The van der Waals surface area contributed by atoms with Crippen LogP contribution < -0.4 is 10.1 Å². The van der Waals surface area contributed by atoms with E-state index < -0.39 is 21.5 Å². The van der Waals surface area contributed by atoms with Crippen LogP contribution in [0.4, 0.5) is 5.69 Å². The third-order valence-electron chi connectivity index (χ3n) is 4.59. The van der Waals surface area contributed by atoms with Crippen LogP contribution in [0.15, 0.2) is 95.9 Å². The van der Waals surface area contributed by atoms with Gasteiger partial charge in [-0.15, -0.1) is 0 Å². The molecule has 156 valence electrons. The lowest BCUT2D eigenvalue weighted by atomic mass is 10.1. The number of anilines is 1. The van der Waals surface area contributed by atoms with Crippen LogP contribution >= 0.6 is 11.6 Å². The van der Waals surface area contributed by atoms with Gasteiger partial charge in [0.05, 0.1) is 4.90 Å². The molecule has 4 aromatic rings. The van der Waals surface area contributed by atoms with E-state index in [1.54, 1.807) is 60.7 Å². The topological polar surface area (TPSA) is 72.5 Å². The maximum atomic E-state index is 12.7. The van der Waals surface area contributed by atoms with Gasteiger partial charge in [0.2, 0.25) is 5.91 Å². The highest BCUT2D eigenvalue weighted by atomic mass is 35.5. The largest absolute Gasteiger partial charge is 0.457 e. The highest BCUT2D eigenvalue weighted by molar-refractivity contribution is 7.92. The molecule has 0 bridgehead atoms. The van der Waals surface area contributed by atoms with E-state index in [2.05, 4.69) is 5.32 Å². The van der Waals surface area contributed by atoms with Crippen LogP contribution in [0.1, 0.15) is 0 Å². The van der Waals surface area contributed by atoms with Gasteiger partial charge in [-0.05, 0) is 71.4 Å². The van der Waals surface area contributed by atoms with Gasteiger partial charge in [0.25, 0.3) is 0 Å². The van der Waals surface area contributed by atoms with Crippen LogP contribution in [-0.2, 0) is 14.6 Å². The summed E-state index contributed by atoms with van der Waals surface area (Å²) in [6.07, 6.45) is 0. The summed E-state index contributed by atoms with van der Waals surface area (Å²) in [5.41, 5.74) is 0.474. The molecule has 0 unspecified atom stereocenters. The van der Waals surface area contributed by atoms with Gasteiger partial charge in [0, 0.05) is 10.7 Å². The number of carbonyl (C=O) groups is 1. The molecule has 4 aromatic carbocycles. The van der Waals surface area contributed by atoms with Gasteiger partial charge in [-0.2, -0.15) is 0 Å². The van der Waals surface area contributed by atoms with Crippen molar-refractivity contribution in [1.82, 2.24) is 0 Å². The Morgan fingerprint density at radius 2 is 1.42 bits per heavy atom. The summed E-state index contributed by atoms with van der Waals surface area (Å²) in [6.45, 7) is 0. The number of amides is 1. The Labute approximate surface area is 185 Å². The molecule has 5 nitrogen and oxygen atoms in total. The summed E-state index contributed by atoms with van der Waals surface area (Å²) < 4.78 is 31.0. The number of hydrogen-bond donors (Lipinski definition) is 1. The zero-order valence-corrected chi connectivity index (χ0v) is 17.9. The lowest BCUT2D eigenvalue weighted by Crippen LogP contribution is -2.23. The molecule has 0 spiro atoms. The zero-order valence-electron chi connectivity index (χ0n) is 16.3. The average Bonchev–Trinajstić information content (AvgIpc) is 2.76. The zero-order chi connectivity index (χ0) is 21.8. The summed E-state index contributed by atoms with van der Waals surface area (Å²) in [6, 6.07) is 25.9. The first kappa shape index (κ1) is 20.9. The van der Waals surface area contributed by atoms with Crippen LogP contribution in [0.5, 0.6) is 11.5 Å². The molecular weight excluding hydrogens is 434 g/mol. The van der Waals surface area contributed by atoms with Crippen molar-refractivity contribution in [1.29, 1.82) is 0 Å². The standard InChI is InChI=1S/C24H18ClNO4S/c25-19-6-10-21(11-7-19)30-22-12-8-20(9-13-22)26-24(27)16-31(28,29)23-14-5-17-3-1-2-4-18(17)15-23/h1-15H,16H2,(H,26,27). The van der Waals surface area contributed by atoms with Crippen LogP contribution in [-0.4, -0.2) is 20.1 Å². The minimum absolute atomic E-state index is 0.119. The van der Waals surface area contributed by atoms with Gasteiger partial charge in [0.1, 0.15) is 17.3 Å². The highest BCUT2D eigenvalue weighted by Gasteiger charge is 2.20. The van der Waals surface area contributed by atoms with Gasteiger partial charge >= 0.3 is 0 Å². The number of sulfone groups is 1. The molecule has 0 atom stereocenters. The molecular formula is C24H18ClNO4S. The smallest absolute Gasteiger partial charge is 0.239 e. The molecule has 0 aliphatic carbocycles. The molecule has 0 saturated heterocycles. The third kappa shape index (κ3) is 5.23. The van der Waals surface area contributed by atoms with E-state index in [1.807, 2.05) is 24.3 Å². The van der Waals surface area contributed by atoms with Gasteiger partial charge in [-0.3, -0.25) is 4.79 Å². The van der Waals surface area contributed by atoms with Crippen molar-refractivity contribution in [3.05, 3.63) is 96.0 Å². The lowest BCUT2D eigenvalue weighted by Gasteiger charge is -2.09. The van der Waals surface area contributed by atoms with Crippen LogP contribution in [0.25, 0.3) is 10.8 Å². The normalized spacial score (nSPS) is 11.3. The Bertz CT molecular complexity index is 1330. The molecule has 0 saturated carbocycles. The Kier molecular flexibility index (Phi) is 5.93. The van der Waals surface area contributed by atoms with Crippen LogP contribution in [0.3, 0.4) is 0 Å². The number of benzene rings is 4. The minimum Gasteiger partial charge on any atom is -0.457 e. The van der Waals surface area contributed by atoms with Crippen molar-refractivity contribution in [3.8, 4) is 11.5 Å². The number of nitrogens with one attached hydrogen (secondary N) is 1. The SMILES string of the molecule is O=C(CS(=O)(=O)c1ccc2ccccc2c1)Nc1ccc(Oc2ccc(Cl)cc2)cc1. The monoisotopic (exact) mass is 451 g/mol. The predicted octanol–water partition coefficient (Wildman–Crippen LogP) is 5.70. The van der Waals surface area contributed by atoms with Crippen molar-refractivity contribution in [2.45, 2.75) is 4.90 Å². The van der Waals surface area contributed by atoms with E-state index in [1.165, 1.54) is 6.07 Å². The van der Waals surface area contributed by atoms with Crippen molar-refractivity contribution >= 4 is 43.8 Å². The van der Waals surface area contributed by atoms with E-state index in [-0.39, 0.29) is 4.90 Å². The van der Waals surface area contributed by atoms with Gasteiger partial charge in [-0.1, -0.05) is 41.9 Å². The summed E-state index contributed by atoms with van der Waals surface area (Å²) in [5, 5.41) is 4.97. The molecule has 0 aliphatic rings. The van der Waals surface area contributed by atoms with Crippen molar-refractivity contribution in [3.63, 3.8) is 0 Å². The fraction of sp³-hybridized carbons (Fsp3) is 0.0417. The summed E-state index contributed by atoms with van der Waals surface area (Å²) >= 11 is 5.86. The number of ether oxygens (including phenoxy) is 1. The van der Waals surface area contributed by atoms with Crippen molar-refractivity contribution in [2.75, 3.05) is 11.1 Å². The van der Waals surface area contributed by atoms with Crippen LogP contribution in [0.2, 0.25) is 5.02 Å². The molecule has 0 aromatic heterocycles. The second-order valence-corrected chi connectivity index (χ2v) is 9.32. The molecule has 0 aliphatic heterocycles. The quantitative estimate of drug-likeness (QED) is 0.408. The first-order valence-corrected chi connectivity index (χ1v) is 11.5. The summed E-state index contributed by atoms with van der Waals surface area (Å²) in [4.78, 5) is 12.5. The van der Waals surface area contributed by atoms with Gasteiger partial charge in [0.15, 0.2) is 9.84 Å². The van der Waals surface area contributed by atoms with Crippen molar-refractivity contribution < 1.29 is 17.9 Å². The number of carbonyl (C=O) groups excluding carboxylic acids is 1. The fourth-order valence-electron chi connectivity index (χ4n) is 3.06. The number of hydrogen-bond acceptors (Lipinski definition) is 4. The van der Waals surface area contributed by atoms with E-state index in [0.717, 1.165) is 10.8 Å². The van der Waals surface area contributed by atoms with Crippen molar-refractivity contribution in [2.24, 2.45) is 0 Å². The van der Waals surface area contributed by atoms with Crippen LogP contribution in [0, 0.1) is 0 Å². The molecule has 0 heterocycles. The summed E-state index contributed by atoms with van der Waals surface area (Å²) in [7, 11) is -3.77. The number of rotatable bonds is 6. The second kappa shape index (κ2) is 8.79. The predicted molar refractivity (Wildman–Crippen MR) is 123 cm³/mol. The Hall–Kier alpha value is -3.35. The first-order valence-electron chi connectivity index (χ1n) is 9.44. The third-order valence-corrected chi connectivity index (χ3v) is 6.45. The Morgan fingerprint density at radius 3 is 2.10 bits per heavy atom. The maximum Gasteiger partial charge on any atom is 0.239 e. The molecule has 4 rings (SSSR count). The lowest BCUT2D eigenvalue weighted by molar-refractivity contribution is -0.113. The molecule has 7 heteroatoms. The molecule has 0 fully saturated rings. The minimum atomic E-state index is -3.77. The van der Waals surface area contributed by atoms with E-state index in [9.17, 15) is 13.2 Å². The highest BCUT2D eigenvalue weighted by Crippen LogP contribution is 2.25. The average molecular weight is 452 g/mol. The second-order valence-electron chi connectivity index (χ2n) is 6.90. The van der Waals surface area contributed by atoms with E-state index in [0.29, 0.717) is 22.2 Å². The van der Waals surface area contributed by atoms with E-state index >= 15 is 0 Å². The Morgan fingerprint density at radius 1 is 0.806 bits per heavy atom. The first-order chi connectivity index (χ1) is 14.9. The Balaban J connectivity index is 1.40. The van der Waals surface area contributed by atoms with Gasteiger partial charge < -0.3 is 10.1 Å². The summed E-state index contributed by atoms with van der Waals surface area (Å²) in [5.74, 6) is -0.0553.